The first-order valence-corrected chi connectivity index (χ1v) is 13.8. The molecule has 8 heteroatoms. The molecule has 2 aromatic carbocycles. The monoisotopic (exact) mass is 538 g/mol. The average molecular weight is 539 g/mol. The lowest BCUT2D eigenvalue weighted by molar-refractivity contribution is -0.164. The van der Waals surface area contributed by atoms with Crippen molar-refractivity contribution in [2.75, 3.05) is 4.90 Å². The van der Waals surface area contributed by atoms with Gasteiger partial charge in [0.25, 0.3) is 5.91 Å². The molecule has 206 valence electrons. The summed E-state index contributed by atoms with van der Waals surface area (Å²) in [7, 11) is 0. The van der Waals surface area contributed by atoms with Crippen LogP contribution in [-0.4, -0.2) is 60.6 Å². The number of fused-ring (bicyclic) bond motifs is 9. The minimum Gasteiger partial charge on any atom is -0.386 e. The van der Waals surface area contributed by atoms with Crippen LogP contribution in [0.1, 0.15) is 57.0 Å². The Hall–Kier alpha value is -3.88. The first-order chi connectivity index (χ1) is 18.9. The summed E-state index contributed by atoms with van der Waals surface area (Å²) < 4.78 is 0. The fourth-order valence-electron chi connectivity index (χ4n) is 7.39. The van der Waals surface area contributed by atoms with Gasteiger partial charge in [0.15, 0.2) is 0 Å². The number of hydrogen-bond donors (Lipinski definition) is 3. The number of H-pyrrole nitrogens is 1. The number of aromatic nitrogens is 1. The van der Waals surface area contributed by atoms with E-state index in [1.54, 1.807) is 12.3 Å². The minimum absolute atomic E-state index is 0.0673. The van der Waals surface area contributed by atoms with Gasteiger partial charge in [-0.3, -0.25) is 9.59 Å². The van der Waals surface area contributed by atoms with Crippen molar-refractivity contribution in [3.8, 4) is 0 Å². The van der Waals surface area contributed by atoms with E-state index in [2.05, 4.69) is 11.6 Å². The Balaban J connectivity index is 1.42. The van der Waals surface area contributed by atoms with Crippen molar-refractivity contribution in [3.05, 3.63) is 90.3 Å². The van der Waals surface area contributed by atoms with E-state index >= 15 is 0 Å². The van der Waals surface area contributed by atoms with Crippen molar-refractivity contribution in [2.45, 2.75) is 75.0 Å². The average Bonchev–Trinajstić information content (AvgIpc) is 3.54. The van der Waals surface area contributed by atoms with Crippen LogP contribution in [0, 0.1) is 0 Å². The maximum atomic E-state index is 14.7. The predicted molar refractivity (Wildman–Crippen MR) is 152 cm³/mol. The normalized spacial score (nSPS) is 30.4. The number of aliphatic hydroxyl groups is 2. The molecule has 2 saturated heterocycles. The Morgan fingerprint density at radius 3 is 2.52 bits per heavy atom. The first-order valence-electron chi connectivity index (χ1n) is 13.8. The molecule has 0 unspecified atom stereocenters. The van der Waals surface area contributed by atoms with Gasteiger partial charge in [-0.15, -0.1) is 6.58 Å². The standard InChI is InChI=1S/C32H34N4O4/c1-6-31(4,5)36-21-14-10-8-12-19(21)32(40)17-22-27(38)34-16-15-30(2,3)26-23(18-11-7-9-13-20(18)33-26)25(37)24(34)28(39)35(22)29(32)36/h6-16,22,24-25,29,33,37,40H,1,17H2,2-5H3/t22-,24-,25+,29+,32-/m0/s1. The van der Waals surface area contributed by atoms with Gasteiger partial charge >= 0.3 is 0 Å². The van der Waals surface area contributed by atoms with Gasteiger partial charge in [-0.1, -0.05) is 62.4 Å². The summed E-state index contributed by atoms with van der Waals surface area (Å²) in [5.74, 6) is -0.702. The van der Waals surface area contributed by atoms with Gasteiger partial charge in [0.05, 0.1) is 5.54 Å². The number of para-hydroxylation sites is 2. The third-order valence-corrected chi connectivity index (χ3v) is 9.51. The Bertz CT molecular complexity index is 1640. The number of amides is 2. The minimum atomic E-state index is -1.46. The fourth-order valence-corrected chi connectivity index (χ4v) is 7.39. The highest BCUT2D eigenvalue weighted by Gasteiger charge is 2.68. The van der Waals surface area contributed by atoms with Crippen LogP contribution in [0.3, 0.4) is 0 Å². The van der Waals surface area contributed by atoms with Gasteiger partial charge in [-0.05, 0) is 26.0 Å². The molecule has 2 amide bonds. The van der Waals surface area contributed by atoms with E-state index in [9.17, 15) is 19.8 Å². The third kappa shape index (κ3) is 2.98. The second kappa shape index (κ2) is 7.86. The Kier molecular flexibility index (Phi) is 4.93. The van der Waals surface area contributed by atoms with Crippen LogP contribution in [0.15, 0.2) is 73.5 Å². The van der Waals surface area contributed by atoms with Crippen LogP contribution >= 0.6 is 0 Å². The van der Waals surface area contributed by atoms with E-state index in [1.165, 1.54) is 9.80 Å². The fraction of sp³-hybridized carbons (Fsp3) is 0.375. The molecule has 8 nitrogen and oxygen atoms in total. The molecule has 0 spiro atoms. The number of nitrogens with zero attached hydrogens (tertiary/aromatic N) is 3. The van der Waals surface area contributed by atoms with Gasteiger partial charge in [-0.25, -0.2) is 0 Å². The van der Waals surface area contributed by atoms with Crippen LogP contribution in [0.25, 0.3) is 10.9 Å². The van der Waals surface area contributed by atoms with Gasteiger partial charge in [-0.2, -0.15) is 0 Å². The largest absolute Gasteiger partial charge is 0.386 e. The van der Waals surface area contributed by atoms with Gasteiger partial charge < -0.3 is 29.9 Å². The zero-order valence-electron chi connectivity index (χ0n) is 23.1. The van der Waals surface area contributed by atoms with Crippen LogP contribution < -0.4 is 4.90 Å². The van der Waals surface area contributed by atoms with Crippen LogP contribution in [-0.2, 0) is 20.6 Å². The van der Waals surface area contributed by atoms with Gasteiger partial charge in [0.1, 0.15) is 30.0 Å². The van der Waals surface area contributed by atoms with Crippen molar-refractivity contribution in [2.24, 2.45) is 0 Å². The molecule has 0 saturated carbocycles. The molecule has 5 atom stereocenters. The molecule has 1 aromatic heterocycles. The molecule has 7 rings (SSSR count). The van der Waals surface area contributed by atoms with Crippen molar-refractivity contribution < 1.29 is 19.8 Å². The quantitative estimate of drug-likeness (QED) is 0.431. The maximum absolute atomic E-state index is 14.7. The second-order valence-corrected chi connectivity index (χ2v) is 12.6. The van der Waals surface area contributed by atoms with Crippen molar-refractivity contribution in [3.63, 3.8) is 0 Å². The molecule has 3 aromatic rings. The number of rotatable bonds is 2. The number of aromatic amines is 1. The van der Waals surface area contributed by atoms with Gasteiger partial charge in [0, 0.05) is 51.4 Å². The Morgan fingerprint density at radius 1 is 1.07 bits per heavy atom. The summed E-state index contributed by atoms with van der Waals surface area (Å²) in [4.78, 5) is 37.3. The molecule has 5 heterocycles. The van der Waals surface area contributed by atoms with Crippen LogP contribution in [0.2, 0.25) is 0 Å². The summed E-state index contributed by atoms with van der Waals surface area (Å²) in [6, 6.07) is 13.2. The molecule has 4 aliphatic heterocycles. The molecule has 0 bridgehead atoms. The van der Waals surface area contributed by atoms with E-state index in [4.69, 9.17) is 0 Å². The van der Waals surface area contributed by atoms with Crippen molar-refractivity contribution in [1.29, 1.82) is 0 Å². The number of allylic oxidation sites excluding steroid dienone is 1. The number of nitrogens with one attached hydrogen (secondary N) is 1. The summed E-state index contributed by atoms with van der Waals surface area (Å²) in [6.07, 6.45) is 3.30. The van der Waals surface area contributed by atoms with E-state index < -0.39 is 46.8 Å². The summed E-state index contributed by atoms with van der Waals surface area (Å²) >= 11 is 0. The van der Waals surface area contributed by atoms with Gasteiger partial charge in [0.2, 0.25) is 5.91 Å². The number of hydrogen-bond acceptors (Lipinski definition) is 5. The molecule has 0 aliphatic carbocycles. The molecular weight excluding hydrogens is 504 g/mol. The molecular formula is C32H34N4O4. The molecule has 4 aliphatic rings. The highest BCUT2D eigenvalue weighted by atomic mass is 16.3. The zero-order chi connectivity index (χ0) is 28.4. The van der Waals surface area contributed by atoms with Crippen molar-refractivity contribution >= 4 is 28.4 Å². The Morgan fingerprint density at radius 2 is 1.77 bits per heavy atom. The van der Waals surface area contributed by atoms with Crippen LogP contribution in [0.5, 0.6) is 0 Å². The number of carbonyl (C=O) groups excluding carboxylic acids is 2. The lowest BCUT2D eigenvalue weighted by atomic mass is 9.81. The summed E-state index contributed by atoms with van der Waals surface area (Å²) in [5.41, 5.74) is 1.12. The molecule has 3 N–H and O–H groups in total. The Labute approximate surface area is 233 Å². The number of aliphatic hydroxyl groups excluding tert-OH is 1. The topological polar surface area (TPSA) is 100 Å². The molecule has 40 heavy (non-hydrogen) atoms. The van der Waals surface area contributed by atoms with E-state index in [0.717, 1.165) is 22.3 Å². The first kappa shape index (κ1) is 25.1. The van der Waals surface area contributed by atoms with E-state index in [0.29, 0.717) is 11.1 Å². The van der Waals surface area contributed by atoms with E-state index in [1.807, 2.05) is 87.2 Å². The number of benzene rings is 2. The predicted octanol–water partition coefficient (Wildman–Crippen LogP) is 3.82. The maximum Gasteiger partial charge on any atom is 0.251 e. The number of carbonyl (C=O) groups is 2. The summed E-state index contributed by atoms with van der Waals surface area (Å²) in [5, 5.41) is 25.2. The SMILES string of the molecule is C=CC(C)(C)N1c2ccccc2[C@@]2(O)C[C@H]3C(=O)N4C=CC(C)(C)c5[nH]c6ccccc6c5[C@@H](O)[C@H]4C(=O)N3[C@H]12. The lowest BCUT2D eigenvalue weighted by Gasteiger charge is -2.49. The van der Waals surface area contributed by atoms with Crippen molar-refractivity contribution in [1.82, 2.24) is 14.8 Å². The molecule has 2 fully saturated rings. The number of piperazine rings is 1. The van der Waals surface area contributed by atoms with Crippen LogP contribution in [0.4, 0.5) is 5.69 Å². The highest BCUT2D eigenvalue weighted by Crippen LogP contribution is 2.57. The smallest absolute Gasteiger partial charge is 0.251 e. The highest BCUT2D eigenvalue weighted by molar-refractivity contribution is 6.01. The summed E-state index contributed by atoms with van der Waals surface area (Å²) in [6.45, 7) is 12.0. The molecule has 0 radical (unpaired) electrons. The third-order valence-electron chi connectivity index (χ3n) is 9.51. The second-order valence-electron chi connectivity index (χ2n) is 12.6. The lowest BCUT2D eigenvalue weighted by Crippen LogP contribution is -2.68. The zero-order valence-corrected chi connectivity index (χ0v) is 23.1. The number of anilines is 1. The van der Waals surface area contributed by atoms with E-state index in [-0.39, 0.29) is 12.3 Å².